The zero-order valence-electron chi connectivity index (χ0n) is 8.53. The second-order valence-corrected chi connectivity index (χ2v) is 3.83. The van der Waals surface area contributed by atoms with Crippen LogP contribution in [0.15, 0.2) is 16.8 Å². The first-order chi connectivity index (χ1) is 7.34. The van der Waals surface area contributed by atoms with Crippen LogP contribution in [0.2, 0.25) is 0 Å². The molecule has 0 aromatic carbocycles. The summed E-state index contributed by atoms with van der Waals surface area (Å²) in [4.78, 5) is 11.3. The SMILES string of the molecule is O=C(CNCc1ccno1)NCC1CC1. The highest BCUT2D eigenvalue weighted by Gasteiger charge is 2.21. The molecule has 1 aromatic rings. The highest BCUT2D eigenvalue weighted by Crippen LogP contribution is 2.27. The Balaban J connectivity index is 1.54. The highest BCUT2D eigenvalue weighted by atomic mass is 16.5. The Hall–Kier alpha value is -1.36. The standard InChI is InChI=1S/C10H15N3O2/c14-10(12-5-8-1-2-8)7-11-6-9-3-4-13-15-9/h3-4,8,11H,1-2,5-7H2,(H,12,14). The number of aromatic nitrogens is 1. The lowest BCUT2D eigenvalue weighted by molar-refractivity contribution is -0.120. The van der Waals surface area contributed by atoms with Crippen molar-refractivity contribution in [2.45, 2.75) is 19.4 Å². The predicted octanol–water partition coefficient (Wildman–Crippen LogP) is 0.290. The average Bonchev–Trinajstić information content (AvgIpc) is 2.92. The Morgan fingerprint density at radius 2 is 2.47 bits per heavy atom. The Morgan fingerprint density at radius 1 is 1.60 bits per heavy atom. The van der Waals surface area contributed by atoms with Crippen LogP contribution in [0.4, 0.5) is 0 Å². The van der Waals surface area contributed by atoms with Crippen LogP contribution in [0.3, 0.4) is 0 Å². The molecule has 0 spiro atoms. The lowest BCUT2D eigenvalue weighted by atomic mass is 10.4. The summed E-state index contributed by atoms with van der Waals surface area (Å²) in [7, 11) is 0. The summed E-state index contributed by atoms with van der Waals surface area (Å²) in [6.07, 6.45) is 4.10. The van der Waals surface area contributed by atoms with Crippen LogP contribution in [0.5, 0.6) is 0 Å². The molecule has 0 radical (unpaired) electrons. The molecule has 2 rings (SSSR count). The van der Waals surface area contributed by atoms with E-state index in [2.05, 4.69) is 15.8 Å². The van der Waals surface area contributed by atoms with E-state index in [4.69, 9.17) is 4.52 Å². The van der Waals surface area contributed by atoms with E-state index >= 15 is 0 Å². The number of amides is 1. The first kappa shape index (κ1) is 10.2. The van der Waals surface area contributed by atoms with Crippen LogP contribution in [0, 0.1) is 5.92 Å². The van der Waals surface area contributed by atoms with Gasteiger partial charge in [0.2, 0.25) is 5.91 Å². The topological polar surface area (TPSA) is 67.2 Å². The number of hydrogen-bond acceptors (Lipinski definition) is 4. The molecule has 2 N–H and O–H groups in total. The number of nitrogens with one attached hydrogen (secondary N) is 2. The quantitative estimate of drug-likeness (QED) is 0.706. The number of rotatable bonds is 6. The van der Waals surface area contributed by atoms with E-state index in [1.165, 1.54) is 12.8 Å². The van der Waals surface area contributed by atoms with Crippen molar-refractivity contribution in [1.29, 1.82) is 0 Å². The summed E-state index contributed by atoms with van der Waals surface area (Å²) in [6.45, 7) is 1.69. The van der Waals surface area contributed by atoms with E-state index in [1.807, 2.05) is 0 Å². The van der Waals surface area contributed by atoms with Crippen LogP contribution in [-0.2, 0) is 11.3 Å². The van der Waals surface area contributed by atoms with Gasteiger partial charge in [-0.3, -0.25) is 4.79 Å². The van der Waals surface area contributed by atoms with E-state index in [9.17, 15) is 4.79 Å². The van der Waals surface area contributed by atoms with Crippen molar-refractivity contribution in [3.8, 4) is 0 Å². The molecule has 1 amide bonds. The van der Waals surface area contributed by atoms with Crippen molar-refractivity contribution >= 4 is 5.91 Å². The fourth-order valence-corrected chi connectivity index (χ4v) is 1.28. The van der Waals surface area contributed by atoms with E-state index in [0.29, 0.717) is 13.1 Å². The molecule has 1 fully saturated rings. The van der Waals surface area contributed by atoms with Gasteiger partial charge in [-0.25, -0.2) is 0 Å². The molecule has 1 saturated carbocycles. The molecule has 0 bridgehead atoms. The van der Waals surface area contributed by atoms with Gasteiger partial charge in [0.05, 0.1) is 19.3 Å². The lowest BCUT2D eigenvalue weighted by Gasteiger charge is -2.04. The zero-order valence-corrected chi connectivity index (χ0v) is 8.53. The molecular formula is C10H15N3O2. The van der Waals surface area contributed by atoms with Crippen molar-refractivity contribution in [1.82, 2.24) is 15.8 Å². The smallest absolute Gasteiger partial charge is 0.233 e. The van der Waals surface area contributed by atoms with E-state index in [1.54, 1.807) is 12.3 Å². The predicted molar refractivity (Wildman–Crippen MR) is 53.9 cm³/mol. The maximum absolute atomic E-state index is 11.3. The van der Waals surface area contributed by atoms with Gasteiger partial charge in [0.25, 0.3) is 0 Å². The molecule has 5 nitrogen and oxygen atoms in total. The first-order valence-electron chi connectivity index (χ1n) is 5.21. The normalized spacial score (nSPS) is 15.2. The number of nitrogens with zero attached hydrogens (tertiary/aromatic N) is 1. The molecule has 1 aliphatic rings. The van der Waals surface area contributed by atoms with Crippen molar-refractivity contribution < 1.29 is 9.32 Å². The third-order valence-electron chi connectivity index (χ3n) is 2.36. The second kappa shape index (κ2) is 4.93. The van der Waals surface area contributed by atoms with Crippen LogP contribution < -0.4 is 10.6 Å². The van der Waals surface area contributed by atoms with Gasteiger partial charge in [-0.1, -0.05) is 5.16 Å². The van der Waals surface area contributed by atoms with Gasteiger partial charge in [0.15, 0.2) is 0 Å². The van der Waals surface area contributed by atoms with Crippen molar-refractivity contribution in [3.63, 3.8) is 0 Å². The van der Waals surface area contributed by atoms with Gasteiger partial charge in [-0.05, 0) is 18.8 Å². The molecule has 82 valence electrons. The molecule has 0 atom stereocenters. The fourth-order valence-electron chi connectivity index (χ4n) is 1.28. The molecule has 5 heteroatoms. The Labute approximate surface area is 88.2 Å². The van der Waals surface area contributed by atoms with Gasteiger partial charge in [-0.15, -0.1) is 0 Å². The molecule has 15 heavy (non-hydrogen) atoms. The zero-order chi connectivity index (χ0) is 10.5. The van der Waals surface area contributed by atoms with E-state index in [-0.39, 0.29) is 5.91 Å². The Bertz CT molecular complexity index is 306. The van der Waals surface area contributed by atoms with Crippen LogP contribution in [-0.4, -0.2) is 24.2 Å². The summed E-state index contributed by atoms with van der Waals surface area (Å²) in [5.74, 6) is 1.51. The Kier molecular flexibility index (Phi) is 3.34. The fraction of sp³-hybridized carbons (Fsp3) is 0.600. The summed E-state index contributed by atoms with van der Waals surface area (Å²) in [5.41, 5.74) is 0. The van der Waals surface area contributed by atoms with Gasteiger partial charge in [0, 0.05) is 12.6 Å². The molecule has 1 aromatic heterocycles. The van der Waals surface area contributed by atoms with Crippen molar-refractivity contribution in [2.24, 2.45) is 5.92 Å². The monoisotopic (exact) mass is 209 g/mol. The number of hydrogen-bond donors (Lipinski definition) is 2. The molecular weight excluding hydrogens is 194 g/mol. The third-order valence-corrected chi connectivity index (χ3v) is 2.36. The summed E-state index contributed by atoms with van der Waals surface area (Å²) in [6, 6.07) is 1.77. The lowest BCUT2D eigenvalue weighted by Crippen LogP contribution is -2.34. The minimum atomic E-state index is 0.0430. The van der Waals surface area contributed by atoms with Crippen LogP contribution >= 0.6 is 0 Å². The molecule has 0 aliphatic heterocycles. The number of carbonyl (C=O) groups excluding carboxylic acids is 1. The molecule has 0 saturated heterocycles. The minimum Gasteiger partial charge on any atom is -0.360 e. The minimum absolute atomic E-state index is 0.0430. The summed E-state index contributed by atoms with van der Waals surface area (Å²) >= 11 is 0. The van der Waals surface area contributed by atoms with Crippen molar-refractivity contribution in [2.75, 3.05) is 13.1 Å². The first-order valence-corrected chi connectivity index (χ1v) is 5.21. The Morgan fingerprint density at radius 3 is 3.13 bits per heavy atom. The van der Waals surface area contributed by atoms with Gasteiger partial charge >= 0.3 is 0 Å². The molecule has 0 unspecified atom stereocenters. The molecule has 1 aliphatic carbocycles. The van der Waals surface area contributed by atoms with Gasteiger partial charge in [-0.2, -0.15) is 0 Å². The van der Waals surface area contributed by atoms with Crippen LogP contribution in [0.1, 0.15) is 18.6 Å². The van der Waals surface area contributed by atoms with Gasteiger partial charge in [0.1, 0.15) is 5.76 Å². The average molecular weight is 209 g/mol. The van der Waals surface area contributed by atoms with Crippen LogP contribution in [0.25, 0.3) is 0 Å². The third kappa shape index (κ3) is 3.71. The second-order valence-electron chi connectivity index (χ2n) is 3.83. The van der Waals surface area contributed by atoms with Crippen molar-refractivity contribution in [3.05, 3.63) is 18.0 Å². The van der Waals surface area contributed by atoms with E-state index < -0.39 is 0 Å². The van der Waals surface area contributed by atoms with Gasteiger partial charge < -0.3 is 15.2 Å². The highest BCUT2D eigenvalue weighted by molar-refractivity contribution is 5.77. The van der Waals surface area contributed by atoms with E-state index in [0.717, 1.165) is 18.2 Å². The summed E-state index contributed by atoms with van der Waals surface area (Å²) in [5, 5.41) is 9.44. The maximum atomic E-state index is 11.3. The largest absolute Gasteiger partial charge is 0.360 e. The maximum Gasteiger partial charge on any atom is 0.233 e. The summed E-state index contributed by atoms with van der Waals surface area (Å²) < 4.78 is 4.88. The number of carbonyl (C=O) groups is 1. The molecule has 1 heterocycles.